The van der Waals surface area contributed by atoms with Crippen molar-refractivity contribution in [2.24, 2.45) is 5.73 Å². The van der Waals surface area contributed by atoms with Crippen LogP contribution in [0, 0.1) is 5.82 Å². The molecule has 0 amide bonds. The van der Waals surface area contributed by atoms with Crippen molar-refractivity contribution in [2.75, 3.05) is 20.8 Å². The second kappa shape index (κ2) is 5.55. The quantitative estimate of drug-likeness (QED) is 0.801. The van der Waals surface area contributed by atoms with Gasteiger partial charge in [-0.15, -0.1) is 0 Å². The molecule has 1 rings (SSSR count). The van der Waals surface area contributed by atoms with E-state index in [0.29, 0.717) is 30.7 Å². The summed E-state index contributed by atoms with van der Waals surface area (Å²) in [5.41, 5.74) is 5.77. The third-order valence-electron chi connectivity index (χ3n) is 2.32. The van der Waals surface area contributed by atoms with Gasteiger partial charge in [0.05, 0.1) is 14.2 Å². The molecule has 0 bridgehead atoms. The Labute approximate surface area is 93.8 Å². The number of methoxy groups -OCH3 is 2. The molecule has 0 radical (unpaired) electrons. The molecule has 0 aromatic heterocycles. The summed E-state index contributed by atoms with van der Waals surface area (Å²) >= 11 is 0. The first-order valence-corrected chi connectivity index (χ1v) is 4.98. The van der Waals surface area contributed by atoms with Gasteiger partial charge in [0, 0.05) is 11.6 Å². The molecule has 0 fully saturated rings. The van der Waals surface area contributed by atoms with Gasteiger partial charge < -0.3 is 20.3 Å². The molecule has 0 atom stereocenters. The van der Waals surface area contributed by atoms with Crippen molar-refractivity contribution in [2.45, 2.75) is 12.8 Å². The fraction of sp³-hybridized carbons (Fsp3) is 0.455. The molecule has 5 heteroatoms. The average molecular weight is 229 g/mol. The Kier molecular flexibility index (Phi) is 4.37. The first kappa shape index (κ1) is 12.6. The molecule has 0 saturated heterocycles. The van der Waals surface area contributed by atoms with Crippen molar-refractivity contribution >= 4 is 0 Å². The van der Waals surface area contributed by atoms with Crippen LogP contribution in [-0.2, 0) is 6.42 Å². The second-order valence-electron chi connectivity index (χ2n) is 3.31. The van der Waals surface area contributed by atoms with Crippen LogP contribution in [0.1, 0.15) is 12.0 Å². The molecule has 4 nitrogen and oxygen atoms in total. The van der Waals surface area contributed by atoms with Gasteiger partial charge in [-0.05, 0) is 19.4 Å². The molecule has 16 heavy (non-hydrogen) atoms. The van der Waals surface area contributed by atoms with Gasteiger partial charge >= 0.3 is 0 Å². The summed E-state index contributed by atoms with van der Waals surface area (Å²) in [4.78, 5) is 0. The van der Waals surface area contributed by atoms with E-state index in [4.69, 9.17) is 15.2 Å². The van der Waals surface area contributed by atoms with Gasteiger partial charge in [0.15, 0.2) is 23.1 Å². The molecular weight excluding hydrogens is 213 g/mol. The van der Waals surface area contributed by atoms with E-state index in [-0.39, 0.29) is 5.75 Å². The van der Waals surface area contributed by atoms with E-state index in [1.165, 1.54) is 14.2 Å². The zero-order chi connectivity index (χ0) is 12.1. The molecule has 0 unspecified atom stereocenters. The van der Waals surface area contributed by atoms with Crippen molar-refractivity contribution in [1.29, 1.82) is 0 Å². The lowest BCUT2D eigenvalue weighted by atomic mass is 10.1. The summed E-state index contributed by atoms with van der Waals surface area (Å²) in [5.74, 6) is -0.490. The predicted octanol–water partition coefficient (Wildman–Crippen LogP) is 1.44. The molecule has 1 aromatic carbocycles. The molecule has 0 aliphatic heterocycles. The van der Waals surface area contributed by atoms with Gasteiger partial charge in [-0.2, -0.15) is 0 Å². The number of nitrogens with two attached hydrogens (primary N) is 1. The standard InChI is InChI=1S/C11H16FNO3/c1-15-9-6-8(12)10(14)7(4-3-5-13)11(9)16-2/h6,14H,3-5,13H2,1-2H3. The Morgan fingerprint density at radius 3 is 2.56 bits per heavy atom. The van der Waals surface area contributed by atoms with Crippen molar-refractivity contribution in [3.8, 4) is 17.2 Å². The molecule has 0 heterocycles. The van der Waals surface area contributed by atoms with Crippen LogP contribution in [0.4, 0.5) is 4.39 Å². The van der Waals surface area contributed by atoms with Crippen LogP contribution in [0.3, 0.4) is 0 Å². The van der Waals surface area contributed by atoms with Gasteiger partial charge in [0.2, 0.25) is 0 Å². The monoisotopic (exact) mass is 229 g/mol. The number of ether oxygens (including phenoxy) is 2. The van der Waals surface area contributed by atoms with Gasteiger partial charge in [-0.25, -0.2) is 4.39 Å². The molecular formula is C11H16FNO3. The highest BCUT2D eigenvalue weighted by molar-refractivity contribution is 5.54. The van der Waals surface area contributed by atoms with E-state index in [9.17, 15) is 9.50 Å². The van der Waals surface area contributed by atoms with Gasteiger partial charge in [0.1, 0.15) is 0 Å². The van der Waals surface area contributed by atoms with E-state index in [0.717, 1.165) is 6.07 Å². The third-order valence-corrected chi connectivity index (χ3v) is 2.32. The molecule has 90 valence electrons. The van der Waals surface area contributed by atoms with Crippen molar-refractivity contribution in [3.63, 3.8) is 0 Å². The van der Waals surface area contributed by atoms with Crippen LogP contribution in [0.25, 0.3) is 0 Å². The Balaban J connectivity index is 3.23. The molecule has 0 saturated carbocycles. The van der Waals surface area contributed by atoms with Crippen molar-refractivity contribution in [1.82, 2.24) is 0 Å². The number of benzene rings is 1. The number of hydrogen-bond donors (Lipinski definition) is 2. The topological polar surface area (TPSA) is 64.7 Å². The van der Waals surface area contributed by atoms with E-state index in [1.807, 2.05) is 0 Å². The molecule has 0 aliphatic rings. The van der Waals surface area contributed by atoms with Crippen LogP contribution in [0.15, 0.2) is 6.07 Å². The largest absolute Gasteiger partial charge is 0.505 e. The molecule has 1 aromatic rings. The lowest BCUT2D eigenvalue weighted by Gasteiger charge is -2.14. The van der Waals surface area contributed by atoms with Crippen LogP contribution < -0.4 is 15.2 Å². The predicted molar refractivity (Wildman–Crippen MR) is 58.5 cm³/mol. The first-order chi connectivity index (χ1) is 7.65. The summed E-state index contributed by atoms with van der Waals surface area (Å²) in [7, 11) is 2.86. The van der Waals surface area contributed by atoms with E-state index < -0.39 is 11.6 Å². The second-order valence-corrected chi connectivity index (χ2v) is 3.31. The first-order valence-electron chi connectivity index (χ1n) is 4.98. The zero-order valence-electron chi connectivity index (χ0n) is 9.42. The Morgan fingerprint density at radius 1 is 1.38 bits per heavy atom. The average Bonchev–Trinajstić information content (AvgIpc) is 2.30. The molecule has 0 aliphatic carbocycles. The maximum absolute atomic E-state index is 13.4. The minimum absolute atomic E-state index is 0.268. The van der Waals surface area contributed by atoms with Crippen LogP contribution >= 0.6 is 0 Å². The molecule has 3 N–H and O–H groups in total. The number of aromatic hydroxyl groups is 1. The summed E-state index contributed by atoms with van der Waals surface area (Å²) < 4.78 is 23.4. The maximum Gasteiger partial charge on any atom is 0.169 e. The fourth-order valence-corrected chi connectivity index (χ4v) is 1.54. The van der Waals surface area contributed by atoms with E-state index in [2.05, 4.69) is 0 Å². The zero-order valence-corrected chi connectivity index (χ0v) is 9.42. The van der Waals surface area contributed by atoms with Crippen LogP contribution in [0.5, 0.6) is 17.2 Å². The summed E-state index contributed by atoms with van der Waals surface area (Å²) in [6, 6.07) is 1.10. The fourth-order valence-electron chi connectivity index (χ4n) is 1.54. The number of phenolic OH excluding ortho intramolecular Hbond substituents is 1. The Bertz CT molecular complexity index is 369. The van der Waals surface area contributed by atoms with Crippen LogP contribution in [-0.4, -0.2) is 25.9 Å². The smallest absolute Gasteiger partial charge is 0.169 e. The SMILES string of the molecule is COc1cc(F)c(O)c(CCCN)c1OC. The minimum atomic E-state index is -0.718. The van der Waals surface area contributed by atoms with Gasteiger partial charge in [-0.1, -0.05) is 0 Å². The Hall–Kier alpha value is -1.49. The lowest BCUT2D eigenvalue weighted by Crippen LogP contribution is -2.03. The summed E-state index contributed by atoms with van der Waals surface area (Å²) in [5, 5.41) is 9.60. The van der Waals surface area contributed by atoms with E-state index >= 15 is 0 Å². The van der Waals surface area contributed by atoms with Gasteiger partial charge in [0.25, 0.3) is 0 Å². The number of rotatable bonds is 5. The highest BCUT2D eigenvalue weighted by Crippen LogP contribution is 2.39. The lowest BCUT2D eigenvalue weighted by molar-refractivity contribution is 0.339. The Morgan fingerprint density at radius 2 is 2.06 bits per heavy atom. The molecule has 0 spiro atoms. The van der Waals surface area contributed by atoms with Crippen LogP contribution in [0.2, 0.25) is 0 Å². The highest BCUT2D eigenvalue weighted by atomic mass is 19.1. The maximum atomic E-state index is 13.4. The van der Waals surface area contributed by atoms with Crippen molar-refractivity contribution in [3.05, 3.63) is 17.4 Å². The summed E-state index contributed by atoms with van der Waals surface area (Å²) in [6.45, 7) is 0.460. The summed E-state index contributed by atoms with van der Waals surface area (Å²) in [6.07, 6.45) is 1.08. The number of halogens is 1. The van der Waals surface area contributed by atoms with E-state index in [1.54, 1.807) is 0 Å². The van der Waals surface area contributed by atoms with Gasteiger partial charge in [-0.3, -0.25) is 0 Å². The highest BCUT2D eigenvalue weighted by Gasteiger charge is 2.18. The van der Waals surface area contributed by atoms with Crippen molar-refractivity contribution < 1.29 is 19.0 Å². The normalized spacial score (nSPS) is 10.2. The number of hydrogen-bond acceptors (Lipinski definition) is 4. The third kappa shape index (κ3) is 2.36. The minimum Gasteiger partial charge on any atom is -0.505 e. The number of phenols is 1.